The lowest BCUT2D eigenvalue weighted by molar-refractivity contribution is -0.125. The number of rotatable bonds is 4. The van der Waals surface area contributed by atoms with Gasteiger partial charge in [-0.15, -0.1) is 0 Å². The molecule has 0 bridgehead atoms. The van der Waals surface area contributed by atoms with Crippen molar-refractivity contribution in [3.05, 3.63) is 46.8 Å². The lowest BCUT2D eigenvalue weighted by Gasteiger charge is -2.14. The molecule has 4 N–H and O–H groups in total. The summed E-state index contributed by atoms with van der Waals surface area (Å²) in [4.78, 5) is 37.1. The van der Waals surface area contributed by atoms with Crippen molar-refractivity contribution in [1.29, 1.82) is 0 Å². The van der Waals surface area contributed by atoms with Gasteiger partial charge in [-0.05, 0) is 17.7 Å². The predicted molar refractivity (Wildman–Crippen MR) is 92.3 cm³/mol. The molecular formula is C17H18N6O3. The third-order valence-corrected chi connectivity index (χ3v) is 4.48. The Morgan fingerprint density at radius 3 is 2.96 bits per heavy atom. The van der Waals surface area contributed by atoms with Gasteiger partial charge in [0.2, 0.25) is 5.91 Å². The van der Waals surface area contributed by atoms with Crippen LogP contribution in [0, 0.1) is 0 Å². The summed E-state index contributed by atoms with van der Waals surface area (Å²) in [7, 11) is 0. The van der Waals surface area contributed by atoms with E-state index in [2.05, 4.69) is 26.1 Å². The smallest absolute Gasteiger partial charge is 0.324 e. The predicted octanol–water partition coefficient (Wildman–Crippen LogP) is 0.359. The van der Waals surface area contributed by atoms with Crippen LogP contribution in [0.15, 0.2) is 24.3 Å². The monoisotopic (exact) mass is 354 g/mol. The summed E-state index contributed by atoms with van der Waals surface area (Å²) < 4.78 is 0. The Kier molecular flexibility index (Phi) is 4.13. The molecule has 2 aliphatic heterocycles. The molecule has 1 aromatic heterocycles. The summed E-state index contributed by atoms with van der Waals surface area (Å²) in [6.45, 7) is 1.66. The number of aromatic nitrogens is 2. The molecule has 2 aliphatic rings. The highest BCUT2D eigenvalue weighted by atomic mass is 16.2. The zero-order valence-corrected chi connectivity index (χ0v) is 14.0. The van der Waals surface area contributed by atoms with Crippen molar-refractivity contribution >= 4 is 23.5 Å². The molecule has 0 unspecified atom stereocenters. The van der Waals surface area contributed by atoms with Gasteiger partial charge in [-0.3, -0.25) is 19.6 Å². The molecule has 3 heterocycles. The molecule has 4 amide bonds. The highest BCUT2D eigenvalue weighted by Crippen LogP contribution is 2.18. The first-order valence-corrected chi connectivity index (χ1v) is 8.37. The number of urea groups is 1. The number of imide groups is 1. The Morgan fingerprint density at radius 2 is 2.15 bits per heavy atom. The van der Waals surface area contributed by atoms with Crippen molar-refractivity contribution in [2.75, 3.05) is 18.4 Å². The minimum Gasteiger partial charge on any atom is -0.329 e. The van der Waals surface area contributed by atoms with Gasteiger partial charge in [-0.1, -0.05) is 12.1 Å². The van der Waals surface area contributed by atoms with E-state index in [1.165, 1.54) is 0 Å². The number of fused-ring (bicyclic) bond motifs is 1. The maximum Gasteiger partial charge on any atom is 0.324 e. The highest BCUT2D eigenvalue weighted by Gasteiger charge is 2.28. The van der Waals surface area contributed by atoms with Crippen LogP contribution in [0.5, 0.6) is 0 Å². The number of hydrogen-bond donors (Lipinski definition) is 4. The molecular weight excluding hydrogens is 336 g/mol. The summed E-state index contributed by atoms with van der Waals surface area (Å²) in [5.74, 6) is -0.557. The highest BCUT2D eigenvalue weighted by molar-refractivity contribution is 6.04. The first kappa shape index (κ1) is 16.3. The first-order chi connectivity index (χ1) is 12.6. The summed E-state index contributed by atoms with van der Waals surface area (Å²) in [5.41, 5.74) is 3.59. The Bertz CT molecular complexity index is 874. The van der Waals surface area contributed by atoms with Gasteiger partial charge in [0, 0.05) is 36.5 Å². The number of nitrogens with one attached hydrogen (secondary N) is 4. The number of H-pyrrole nitrogens is 1. The fourth-order valence-corrected chi connectivity index (χ4v) is 3.15. The van der Waals surface area contributed by atoms with Crippen LogP contribution in [0.4, 0.5) is 10.5 Å². The Balaban J connectivity index is 1.48. The van der Waals surface area contributed by atoms with Crippen molar-refractivity contribution < 1.29 is 14.4 Å². The van der Waals surface area contributed by atoms with E-state index in [1.807, 2.05) is 0 Å². The zero-order valence-electron chi connectivity index (χ0n) is 14.0. The number of nitrogens with zero attached hydrogens (tertiary/aromatic N) is 2. The molecule has 1 saturated heterocycles. The van der Waals surface area contributed by atoms with Crippen molar-refractivity contribution in [3.63, 3.8) is 0 Å². The van der Waals surface area contributed by atoms with E-state index in [-0.39, 0.29) is 24.9 Å². The summed E-state index contributed by atoms with van der Waals surface area (Å²) >= 11 is 0. The van der Waals surface area contributed by atoms with E-state index in [0.717, 1.165) is 34.7 Å². The largest absolute Gasteiger partial charge is 0.329 e. The van der Waals surface area contributed by atoms with Gasteiger partial charge in [0.1, 0.15) is 0 Å². The van der Waals surface area contributed by atoms with E-state index < -0.39 is 6.03 Å². The molecule has 0 aliphatic carbocycles. The number of hydrogen-bond acceptors (Lipinski definition) is 5. The second kappa shape index (κ2) is 6.60. The van der Waals surface area contributed by atoms with Crippen LogP contribution < -0.4 is 16.0 Å². The van der Waals surface area contributed by atoms with E-state index in [4.69, 9.17) is 0 Å². The minimum absolute atomic E-state index is 0.0214. The lowest BCUT2D eigenvalue weighted by Crippen LogP contribution is -2.30. The van der Waals surface area contributed by atoms with Crippen LogP contribution in [0.3, 0.4) is 0 Å². The molecule has 4 rings (SSSR count). The molecule has 1 fully saturated rings. The van der Waals surface area contributed by atoms with E-state index in [1.54, 1.807) is 24.3 Å². The molecule has 0 saturated carbocycles. The van der Waals surface area contributed by atoms with Gasteiger partial charge < -0.3 is 16.0 Å². The summed E-state index contributed by atoms with van der Waals surface area (Å²) in [6, 6.07) is 6.67. The van der Waals surface area contributed by atoms with Crippen LogP contribution in [-0.2, 0) is 24.3 Å². The average Bonchev–Trinajstić information content (AvgIpc) is 3.21. The molecule has 2 aromatic rings. The Labute approximate surface area is 149 Å². The molecule has 26 heavy (non-hydrogen) atoms. The lowest BCUT2D eigenvalue weighted by atomic mass is 10.1. The van der Waals surface area contributed by atoms with Crippen molar-refractivity contribution in [2.24, 2.45) is 0 Å². The van der Waals surface area contributed by atoms with Crippen LogP contribution in [0.2, 0.25) is 0 Å². The number of amides is 4. The van der Waals surface area contributed by atoms with E-state index in [9.17, 15) is 14.4 Å². The summed E-state index contributed by atoms with van der Waals surface area (Å²) in [5, 5.41) is 15.6. The van der Waals surface area contributed by atoms with Crippen molar-refractivity contribution in [2.45, 2.75) is 19.5 Å². The fraction of sp³-hybridized carbons (Fsp3) is 0.294. The Hall–Kier alpha value is -3.20. The summed E-state index contributed by atoms with van der Waals surface area (Å²) in [6.07, 6.45) is 0.816. The molecule has 0 spiro atoms. The second-order valence-corrected chi connectivity index (χ2v) is 6.25. The minimum atomic E-state index is -0.403. The van der Waals surface area contributed by atoms with Gasteiger partial charge in [-0.2, -0.15) is 5.10 Å². The van der Waals surface area contributed by atoms with Gasteiger partial charge in [0.05, 0.1) is 13.1 Å². The third-order valence-electron chi connectivity index (χ3n) is 4.48. The van der Waals surface area contributed by atoms with Crippen molar-refractivity contribution in [1.82, 2.24) is 25.7 Å². The third kappa shape index (κ3) is 3.04. The molecule has 134 valence electrons. The molecule has 9 heteroatoms. The molecule has 0 radical (unpaired) electrons. The maximum atomic E-state index is 12.6. The molecule has 0 atom stereocenters. The van der Waals surface area contributed by atoms with Gasteiger partial charge in [-0.25, -0.2) is 4.79 Å². The van der Waals surface area contributed by atoms with Gasteiger partial charge in [0.25, 0.3) is 5.91 Å². The van der Waals surface area contributed by atoms with Crippen LogP contribution >= 0.6 is 0 Å². The van der Waals surface area contributed by atoms with Crippen LogP contribution in [-0.4, -0.2) is 46.0 Å². The van der Waals surface area contributed by atoms with E-state index in [0.29, 0.717) is 17.9 Å². The number of benzene rings is 1. The maximum absolute atomic E-state index is 12.6. The number of aromatic amines is 1. The van der Waals surface area contributed by atoms with Crippen LogP contribution in [0.25, 0.3) is 0 Å². The average molecular weight is 354 g/mol. The quantitative estimate of drug-likeness (QED) is 0.591. The van der Waals surface area contributed by atoms with E-state index >= 15 is 0 Å². The number of carbonyl (C=O) groups is 3. The molecule has 1 aromatic carbocycles. The fourth-order valence-electron chi connectivity index (χ4n) is 3.15. The van der Waals surface area contributed by atoms with Gasteiger partial charge in [0.15, 0.2) is 5.69 Å². The van der Waals surface area contributed by atoms with Crippen molar-refractivity contribution in [3.8, 4) is 0 Å². The number of anilines is 1. The zero-order chi connectivity index (χ0) is 18.1. The topological polar surface area (TPSA) is 119 Å². The first-order valence-electron chi connectivity index (χ1n) is 8.37. The second-order valence-electron chi connectivity index (χ2n) is 6.25. The Morgan fingerprint density at radius 1 is 1.27 bits per heavy atom. The van der Waals surface area contributed by atoms with Crippen LogP contribution in [0.1, 0.15) is 27.3 Å². The normalized spacial score (nSPS) is 16.4. The standard InChI is InChI=1S/C17H18N6O3/c24-14-8-19-17(26)23(14)9-10-2-1-3-11(6-10)20-16(25)15-12-7-18-5-4-13(12)21-22-15/h1-3,6,18H,4-5,7-9H2,(H,19,26)(H,20,25)(H,21,22). The van der Waals surface area contributed by atoms with Gasteiger partial charge >= 0.3 is 6.03 Å². The SMILES string of the molecule is O=C(Nc1cccc(CN2C(=O)CNC2=O)c1)c1n[nH]c2c1CNCC2. The molecule has 9 nitrogen and oxygen atoms in total. The number of carbonyl (C=O) groups excluding carboxylic acids is 3.